The van der Waals surface area contributed by atoms with Gasteiger partial charge < -0.3 is 19.4 Å². The van der Waals surface area contributed by atoms with Gasteiger partial charge in [-0.3, -0.25) is 15.1 Å². The quantitative estimate of drug-likeness (QED) is 0.468. The first-order valence-electron chi connectivity index (χ1n) is 10.6. The molecule has 0 spiro atoms. The predicted octanol–water partition coefficient (Wildman–Crippen LogP) is 2.75. The van der Waals surface area contributed by atoms with Gasteiger partial charge in [-0.05, 0) is 37.3 Å². The molecule has 170 valence electrons. The number of nitrogens with one attached hydrogen (secondary N) is 2. The van der Waals surface area contributed by atoms with Crippen molar-refractivity contribution in [2.75, 3.05) is 31.0 Å². The first-order chi connectivity index (χ1) is 15.9. The standard InChI is InChI=1S/C23H25N7O3/c1-13-7-14(8-18(25-13)17-10-24-30(3)22(17)32-4)21(31)28-23-27-19-9-15(26-16-11-33-12-16)5-6-20(19)29(23)2/h5-10,16,26H,11-12H2,1-4H3,(H,27,28,31). The Morgan fingerprint density at radius 1 is 1.18 bits per heavy atom. The third-order valence-corrected chi connectivity index (χ3v) is 5.68. The number of methoxy groups -OCH3 is 1. The Morgan fingerprint density at radius 2 is 2.00 bits per heavy atom. The zero-order valence-electron chi connectivity index (χ0n) is 18.9. The van der Waals surface area contributed by atoms with Crippen molar-refractivity contribution in [1.82, 2.24) is 24.3 Å². The number of rotatable bonds is 6. The minimum absolute atomic E-state index is 0.270. The van der Waals surface area contributed by atoms with Crippen molar-refractivity contribution in [1.29, 1.82) is 0 Å². The lowest BCUT2D eigenvalue weighted by Gasteiger charge is -2.27. The monoisotopic (exact) mass is 447 g/mol. The van der Waals surface area contributed by atoms with Crippen molar-refractivity contribution >= 4 is 28.6 Å². The van der Waals surface area contributed by atoms with Crippen molar-refractivity contribution in [2.45, 2.75) is 13.0 Å². The molecule has 33 heavy (non-hydrogen) atoms. The summed E-state index contributed by atoms with van der Waals surface area (Å²) in [4.78, 5) is 22.3. The fourth-order valence-electron chi connectivity index (χ4n) is 3.91. The first kappa shape index (κ1) is 21.0. The lowest BCUT2D eigenvalue weighted by Crippen LogP contribution is -2.40. The number of hydrogen-bond donors (Lipinski definition) is 2. The molecule has 1 aliphatic heterocycles. The van der Waals surface area contributed by atoms with Crippen LogP contribution in [0.5, 0.6) is 5.88 Å². The van der Waals surface area contributed by atoms with Gasteiger partial charge in [-0.25, -0.2) is 9.67 Å². The van der Waals surface area contributed by atoms with E-state index in [2.05, 4.69) is 25.7 Å². The number of fused-ring (bicyclic) bond motifs is 1. The van der Waals surface area contributed by atoms with Gasteiger partial charge in [0, 0.05) is 31.0 Å². The Morgan fingerprint density at radius 3 is 2.73 bits per heavy atom. The summed E-state index contributed by atoms with van der Waals surface area (Å²) in [7, 11) is 5.25. The van der Waals surface area contributed by atoms with Gasteiger partial charge in [-0.2, -0.15) is 5.10 Å². The molecule has 1 saturated heterocycles. The van der Waals surface area contributed by atoms with Crippen LogP contribution in [0.3, 0.4) is 0 Å². The average molecular weight is 447 g/mol. The van der Waals surface area contributed by atoms with Gasteiger partial charge in [0.2, 0.25) is 11.8 Å². The highest BCUT2D eigenvalue weighted by molar-refractivity contribution is 6.04. The smallest absolute Gasteiger partial charge is 0.258 e. The molecule has 0 bridgehead atoms. The van der Waals surface area contributed by atoms with Gasteiger partial charge in [0.1, 0.15) is 0 Å². The van der Waals surface area contributed by atoms with E-state index in [1.807, 2.05) is 36.7 Å². The number of carbonyl (C=O) groups is 1. The Hall–Kier alpha value is -3.92. The molecule has 10 nitrogen and oxygen atoms in total. The van der Waals surface area contributed by atoms with Crippen LogP contribution in [-0.2, 0) is 18.8 Å². The largest absolute Gasteiger partial charge is 0.481 e. The molecule has 3 aromatic heterocycles. The minimum atomic E-state index is -0.270. The van der Waals surface area contributed by atoms with Crippen LogP contribution in [0.4, 0.5) is 11.6 Å². The van der Waals surface area contributed by atoms with Crippen LogP contribution >= 0.6 is 0 Å². The van der Waals surface area contributed by atoms with Crippen LogP contribution in [0.2, 0.25) is 0 Å². The maximum atomic E-state index is 13.1. The number of ether oxygens (including phenoxy) is 2. The van der Waals surface area contributed by atoms with E-state index in [9.17, 15) is 4.79 Å². The number of carbonyl (C=O) groups excluding carboxylic acids is 1. The van der Waals surface area contributed by atoms with Gasteiger partial charge in [0.05, 0.1) is 54.9 Å². The van der Waals surface area contributed by atoms with E-state index >= 15 is 0 Å². The number of pyridine rings is 1. The van der Waals surface area contributed by atoms with Crippen LogP contribution in [0.25, 0.3) is 22.3 Å². The fourth-order valence-corrected chi connectivity index (χ4v) is 3.91. The molecule has 0 radical (unpaired) electrons. The number of benzene rings is 1. The van der Waals surface area contributed by atoms with Gasteiger partial charge >= 0.3 is 0 Å². The summed E-state index contributed by atoms with van der Waals surface area (Å²) in [6.07, 6.45) is 1.68. The normalized spacial score (nSPS) is 13.7. The lowest BCUT2D eigenvalue weighted by molar-refractivity contribution is 0.0211. The molecule has 0 atom stereocenters. The average Bonchev–Trinajstić information content (AvgIpc) is 3.29. The summed E-state index contributed by atoms with van der Waals surface area (Å²) in [5, 5.41) is 10.6. The number of nitrogens with zero attached hydrogens (tertiary/aromatic N) is 5. The molecule has 1 aromatic carbocycles. The number of anilines is 2. The van der Waals surface area contributed by atoms with Gasteiger partial charge in [-0.1, -0.05) is 0 Å². The van der Waals surface area contributed by atoms with E-state index in [1.165, 1.54) is 0 Å². The predicted molar refractivity (Wildman–Crippen MR) is 125 cm³/mol. The van der Waals surface area contributed by atoms with E-state index < -0.39 is 0 Å². The van der Waals surface area contributed by atoms with Crippen LogP contribution in [0, 0.1) is 6.92 Å². The number of hydrogen-bond acceptors (Lipinski definition) is 7. The van der Waals surface area contributed by atoms with E-state index in [-0.39, 0.29) is 5.91 Å². The number of imidazole rings is 1. The summed E-state index contributed by atoms with van der Waals surface area (Å²) in [5.74, 6) is 0.773. The zero-order valence-corrected chi connectivity index (χ0v) is 18.9. The minimum Gasteiger partial charge on any atom is -0.481 e. The number of amides is 1. The molecule has 5 rings (SSSR count). The molecule has 2 N–H and O–H groups in total. The lowest BCUT2D eigenvalue weighted by atomic mass is 10.1. The Balaban J connectivity index is 1.42. The molecule has 0 saturated carbocycles. The molecular weight excluding hydrogens is 422 g/mol. The molecule has 1 aliphatic rings. The second-order valence-corrected chi connectivity index (χ2v) is 8.10. The third-order valence-electron chi connectivity index (χ3n) is 5.68. The summed E-state index contributed by atoms with van der Waals surface area (Å²) in [6, 6.07) is 9.78. The van der Waals surface area contributed by atoms with Gasteiger partial charge in [0.25, 0.3) is 5.91 Å². The Labute approximate surface area is 190 Å². The zero-order chi connectivity index (χ0) is 23.1. The molecule has 0 aliphatic carbocycles. The summed E-state index contributed by atoms with van der Waals surface area (Å²) in [5.41, 5.74) is 5.22. The highest BCUT2D eigenvalue weighted by Gasteiger charge is 2.20. The summed E-state index contributed by atoms with van der Waals surface area (Å²) in [6.45, 7) is 3.26. The summed E-state index contributed by atoms with van der Waals surface area (Å²) >= 11 is 0. The van der Waals surface area contributed by atoms with Crippen molar-refractivity contribution < 1.29 is 14.3 Å². The van der Waals surface area contributed by atoms with Crippen molar-refractivity contribution in [2.24, 2.45) is 14.1 Å². The highest BCUT2D eigenvalue weighted by atomic mass is 16.5. The van der Waals surface area contributed by atoms with Crippen LogP contribution in [0.1, 0.15) is 16.1 Å². The van der Waals surface area contributed by atoms with Crippen molar-refractivity contribution in [3.05, 3.63) is 47.8 Å². The second-order valence-electron chi connectivity index (χ2n) is 8.10. The molecule has 0 unspecified atom stereocenters. The third kappa shape index (κ3) is 3.89. The first-order valence-corrected chi connectivity index (χ1v) is 10.6. The van der Waals surface area contributed by atoms with Crippen LogP contribution in [0.15, 0.2) is 36.5 Å². The number of aromatic nitrogens is 5. The van der Waals surface area contributed by atoms with E-state index in [0.29, 0.717) is 48.0 Å². The Kier molecular flexibility index (Phi) is 5.21. The van der Waals surface area contributed by atoms with E-state index in [0.717, 1.165) is 22.3 Å². The SMILES string of the molecule is COc1c(-c2cc(C(=O)Nc3nc4cc(NC5COC5)ccc4n3C)cc(C)n2)cnn1C. The van der Waals surface area contributed by atoms with Crippen LogP contribution < -0.4 is 15.4 Å². The summed E-state index contributed by atoms with van der Waals surface area (Å²) < 4.78 is 14.1. The van der Waals surface area contributed by atoms with Crippen molar-refractivity contribution in [3.63, 3.8) is 0 Å². The fraction of sp³-hybridized carbons (Fsp3) is 0.304. The molecule has 4 heterocycles. The van der Waals surface area contributed by atoms with E-state index in [4.69, 9.17) is 9.47 Å². The Bertz CT molecular complexity index is 1350. The van der Waals surface area contributed by atoms with E-state index in [1.54, 1.807) is 37.2 Å². The maximum absolute atomic E-state index is 13.1. The number of aryl methyl sites for hydroxylation is 3. The molecule has 4 aromatic rings. The van der Waals surface area contributed by atoms with Gasteiger partial charge in [0.15, 0.2) is 0 Å². The molecule has 1 amide bonds. The highest BCUT2D eigenvalue weighted by Crippen LogP contribution is 2.29. The van der Waals surface area contributed by atoms with Gasteiger partial charge in [-0.15, -0.1) is 0 Å². The van der Waals surface area contributed by atoms with Crippen molar-refractivity contribution in [3.8, 4) is 17.1 Å². The molecule has 1 fully saturated rings. The molecular formula is C23H25N7O3. The second kappa shape index (κ2) is 8.21. The maximum Gasteiger partial charge on any atom is 0.258 e. The topological polar surface area (TPSA) is 108 Å². The molecule has 10 heteroatoms. The van der Waals surface area contributed by atoms with Crippen LogP contribution in [-0.4, -0.2) is 56.6 Å².